The van der Waals surface area contributed by atoms with Crippen molar-refractivity contribution in [1.29, 1.82) is 0 Å². The van der Waals surface area contributed by atoms with E-state index in [0.29, 0.717) is 29.4 Å². The molecular formula is C25H18N2O4S. The Hall–Kier alpha value is -3.84. The SMILES string of the molecule is O=C1CSc2cc(OC(=O)c3ccc(OCc4ccc5ccccc5n4)cc3)ccc2N1. The van der Waals surface area contributed by atoms with Gasteiger partial charge in [-0.2, -0.15) is 0 Å². The van der Waals surface area contributed by atoms with Gasteiger partial charge in [0.2, 0.25) is 5.91 Å². The summed E-state index contributed by atoms with van der Waals surface area (Å²) in [6.45, 7) is 0.331. The molecule has 0 saturated carbocycles. The number of para-hydroxylation sites is 1. The van der Waals surface area contributed by atoms with E-state index in [1.807, 2.05) is 36.4 Å². The number of fused-ring (bicyclic) bond motifs is 2. The summed E-state index contributed by atoms with van der Waals surface area (Å²) in [5.41, 5.74) is 2.90. The second-order valence-corrected chi connectivity index (χ2v) is 8.21. The number of hydrogen-bond acceptors (Lipinski definition) is 6. The van der Waals surface area contributed by atoms with E-state index >= 15 is 0 Å². The molecule has 0 aliphatic carbocycles. The first kappa shape index (κ1) is 20.1. The molecule has 0 spiro atoms. The Labute approximate surface area is 188 Å². The van der Waals surface area contributed by atoms with E-state index in [4.69, 9.17) is 9.47 Å². The lowest BCUT2D eigenvalue weighted by Gasteiger charge is -2.16. The van der Waals surface area contributed by atoms with Crippen LogP contribution in [0.4, 0.5) is 5.69 Å². The number of ether oxygens (including phenoxy) is 2. The molecule has 0 bridgehead atoms. The maximum Gasteiger partial charge on any atom is 0.343 e. The minimum atomic E-state index is -0.461. The van der Waals surface area contributed by atoms with Gasteiger partial charge in [-0.1, -0.05) is 24.3 Å². The maximum atomic E-state index is 12.5. The topological polar surface area (TPSA) is 77.5 Å². The highest BCUT2D eigenvalue weighted by atomic mass is 32.2. The summed E-state index contributed by atoms with van der Waals surface area (Å²) in [5, 5.41) is 3.88. The average molecular weight is 442 g/mol. The molecule has 0 saturated heterocycles. The Morgan fingerprint density at radius 3 is 2.66 bits per heavy atom. The summed E-state index contributed by atoms with van der Waals surface area (Å²) in [7, 11) is 0. The van der Waals surface area contributed by atoms with Crippen molar-refractivity contribution in [3.05, 3.63) is 90.1 Å². The highest BCUT2D eigenvalue weighted by molar-refractivity contribution is 8.00. The molecule has 5 rings (SSSR count). The van der Waals surface area contributed by atoms with Gasteiger partial charge in [0, 0.05) is 10.3 Å². The number of anilines is 1. The molecule has 158 valence electrons. The molecule has 0 unspecified atom stereocenters. The van der Waals surface area contributed by atoms with Gasteiger partial charge in [-0.3, -0.25) is 4.79 Å². The molecule has 32 heavy (non-hydrogen) atoms. The average Bonchev–Trinajstić information content (AvgIpc) is 2.83. The van der Waals surface area contributed by atoms with Crippen molar-refractivity contribution in [2.24, 2.45) is 0 Å². The van der Waals surface area contributed by atoms with Gasteiger partial charge in [0.05, 0.1) is 28.2 Å². The number of benzene rings is 3. The summed E-state index contributed by atoms with van der Waals surface area (Å²) in [6, 6.07) is 23.8. The number of carbonyl (C=O) groups excluding carboxylic acids is 2. The Balaban J connectivity index is 1.21. The van der Waals surface area contributed by atoms with E-state index < -0.39 is 5.97 Å². The normalized spacial score (nSPS) is 12.7. The summed E-state index contributed by atoms with van der Waals surface area (Å²) in [4.78, 5) is 29.4. The third kappa shape index (κ3) is 4.43. The van der Waals surface area contributed by atoms with Gasteiger partial charge in [0.15, 0.2) is 0 Å². The molecule has 0 fully saturated rings. The molecule has 1 N–H and O–H groups in total. The van der Waals surface area contributed by atoms with Crippen LogP contribution in [0.3, 0.4) is 0 Å². The lowest BCUT2D eigenvalue weighted by Crippen LogP contribution is -2.18. The van der Waals surface area contributed by atoms with Crippen LogP contribution in [0.2, 0.25) is 0 Å². The molecule has 7 heteroatoms. The lowest BCUT2D eigenvalue weighted by molar-refractivity contribution is -0.113. The van der Waals surface area contributed by atoms with Crippen molar-refractivity contribution in [1.82, 2.24) is 4.98 Å². The van der Waals surface area contributed by atoms with Crippen LogP contribution in [-0.2, 0) is 11.4 Å². The Bertz CT molecular complexity index is 1320. The molecule has 1 aliphatic heterocycles. The number of aromatic nitrogens is 1. The van der Waals surface area contributed by atoms with Crippen molar-refractivity contribution in [2.45, 2.75) is 11.5 Å². The Morgan fingerprint density at radius 1 is 0.969 bits per heavy atom. The largest absolute Gasteiger partial charge is 0.487 e. The first-order valence-electron chi connectivity index (χ1n) is 10.0. The lowest BCUT2D eigenvalue weighted by atomic mass is 10.2. The fourth-order valence-electron chi connectivity index (χ4n) is 3.32. The number of nitrogens with zero attached hydrogens (tertiary/aromatic N) is 1. The van der Waals surface area contributed by atoms with Gasteiger partial charge in [-0.25, -0.2) is 9.78 Å². The molecule has 2 heterocycles. The third-order valence-corrected chi connectivity index (χ3v) is 5.98. The zero-order valence-corrected chi connectivity index (χ0v) is 17.7. The van der Waals surface area contributed by atoms with E-state index in [1.165, 1.54) is 11.8 Å². The highest BCUT2D eigenvalue weighted by Crippen LogP contribution is 2.34. The Morgan fingerprint density at radius 2 is 1.78 bits per heavy atom. The number of hydrogen-bond donors (Lipinski definition) is 1. The number of pyridine rings is 1. The van der Waals surface area contributed by atoms with Crippen molar-refractivity contribution in [3.8, 4) is 11.5 Å². The van der Waals surface area contributed by atoms with Crippen molar-refractivity contribution in [3.63, 3.8) is 0 Å². The molecular weight excluding hydrogens is 424 g/mol. The number of carbonyl (C=O) groups is 2. The predicted molar refractivity (Wildman–Crippen MR) is 123 cm³/mol. The quantitative estimate of drug-likeness (QED) is 0.343. The number of thioether (sulfide) groups is 1. The molecule has 1 amide bonds. The van der Waals surface area contributed by atoms with E-state index in [9.17, 15) is 9.59 Å². The monoisotopic (exact) mass is 442 g/mol. The number of esters is 1. The van der Waals surface area contributed by atoms with E-state index in [1.54, 1.807) is 42.5 Å². The van der Waals surface area contributed by atoms with Gasteiger partial charge in [-0.05, 0) is 54.6 Å². The predicted octanol–water partition coefficient (Wildman–Crippen LogP) is 5.08. The fraction of sp³-hybridized carbons (Fsp3) is 0.0800. The fourth-order valence-corrected chi connectivity index (χ4v) is 4.15. The molecule has 0 atom stereocenters. The second kappa shape index (κ2) is 8.72. The van der Waals surface area contributed by atoms with Crippen LogP contribution in [0, 0.1) is 0 Å². The summed E-state index contributed by atoms with van der Waals surface area (Å²) < 4.78 is 11.3. The highest BCUT2D eigenvalue weighted by Gasteiger charge is 2.17. The first-order chi connectivity index (χ1) is 15.6. The number of rotatable bonds is 5. The molecule has 3 aromatic carbocycles. The maximum absolute atomic E-state index is 12.5. The van der Waals surface area contributed by atoms with Crippen LogP contribution >= 0.6 is 11.8 Å². The van der Waals surface area contributed by atoms with Crippen LogP contribution in [0.25, 0.3) is 10.9 Å². The number of nitrogens with one attached hydrogen (secondary N) is 1. The molecule has 1 aromatic heterocycles. The van der Waals surface area contributed by atoms with Gasteiger partial charge in [0.25, 0.3) is 0 Å². The van der Waals surface area contributed by atoms with E-state index in [-0.39, 0.29) is 5.91 Å². The number of amides is 1. The summed E-state index contributed by atoms with van der Waals surface area (Å²) in [6.07, 6.45) is 0. The molecule has 6 nitrogen and oxygen atoms in total. The minimum Gasteiger partial charge on any atom is -0.487 e. The third-order valence-electron chi connectivity index (χ3n) is 4.93. The first-order valence-corrected chi connectivity index (χ1v) is 11.0. The zero-order chi connectivity index (χ0) is 21.9. The van der Waals surface area contributed by atoms with Gasteiger partial charge in [-0.15, -0.1) is 11.8 Å². The Kier molecular flexibility index (Phi) is 5.47. The van der Waals surface area contributed by atoms with Crippen molar-refractivity contribution < 1.29 is 19.1 Å². The van der Waals surface area contributed by atoms with Gasteiger partial charge in [0.1, 0.15) is 18.1 Å². The molecule has 0 radical (unpaired) electrons. The van der Waals surface area contributed by atoms with Gasteiger partial charge < -0.3 is 14.8 Å². The zero-order valence-electron chi connectivity index (χ0n) is 16.9. The van der Waals surface area contributed by atoms with Crippen LogP contribution in [-0.4, -0.2) is 22.6 Å². The smallest absolute Gasteiger partial charge is 0.343 e. The van der Waals surface area contributed by atoms with E-state index in [0.717, 1.165) is 27.2 Å². The summed E-state index contributed by atoms with van der Waals surface area (Å²) >= 11 is 1.41. The standard InChI is InChI=1S/C25H18N2O4S/c28-24-15-32-23-13-20(11-12-22(23)27-24)31-25(29)17-6-9-19(10-7-17)30-14-18-8-5-16-3-1-2-4-21(16)26-18/h1-13H,14-15H2,(H,27,28). The molecule has 1 aliphatic rings. The molecule has 4 aromatic rings. The van der Waals surface area contributed by atoms with Crippen LogP contribution in [0.1, 0.15) is 16.1 Å². The van der Waals surface area contributed by atoms with Crippen molar-refractivity contribution in [2.75, 3.05) is 11.1 Å². The summed E-state index contributed by atoms with van der Waals surface area (Å²) in [5.74, 6) is 0.918. The van der Waals surface area contributed by atoms with E-state index in [2.05, 4.69) is 10.3 Å². The van der Waals surface area contributed by atoms with Crippen LogP contribution in [0.15, 0.2) is 83.8 Å². The minimum absolute atomic E-state index is 0.0362. The van der Waals surface area contributed by atoms with Crippen LogP contribution < -0.4 is 14.8 Å². The second-order valence-electron chi connectivity index (χ2n) is 7.19. The van der Waals surface area contributed by atoms with Crippen molar-refractivity contribution >= 4 is 40.2 Å². The van der Waals surface area contributed by atoms with Crippen LogP contribution in [0.5, 0.6) is 11.5 Å². The van der Waals surface area contributed by atoms with Gasteiger partial charge >= 0.3 is 5.97 Å².